The van der Waals surface area contributed by atoms with Crippen molar-refractivity contribution in [2.45, 2.75) is 102 Å². The van der Waals surface area contributed by atoms with Crippen LogP contribution < -0.4 is 5.32 Å². The van der Waals surface area contributed by atoms with Crippen LogP contribution in [0.15, 0.2) is 48.5 Å². The van der Waals surface area contributed by atoms with Gasteiger partial charge in [-0.05, 0) is 76.3 Å². The standard InChI is InChI=1S/C35H44F3N3O7/c1-21-28(19-40-17-5-8-27(40)31(44)48-34(2,3)4)46-32(47-29(21)23-11-9-22(20-42)10-12-23)24-13-15-25(16-14-24)39-30(43)26-7-6-18-41(26)33(45)35(36,37)38/h9-16,21,26-29,32,42H,5-8,17-20H2,1-4H3,(H,39,43). The molecule has 6 unspecified atom stereocenters. The average Bonchev–Trinajstić information content (AvgIpc) is 3.71. The molecule has 3 saturated heterocycles. The number of hydrogen-bond donors (Lipinski definition) is 2. The minimum Gasteiger partial charge on any atom is -0.459 e. The van der Waals surface area contributed by atoms with E-state index in [9.17, 15) is 32.7 Å². The number of ether oxygens (including phenoxy) is 3. The van der Waals surface area contributed by atoms with Gasteiger partial charge in [-0.25, -0.2) is 0 Å². The lowest BCUT2D eigenvalue weighted by molar-refractivity contribution is -0.276. The molecule has 48 heavy (non-hydrogen) atoms. The van der Waals surface area contributed by atoms with Crippen LogP contribution in [-0.2, 0) is 35.2 Å². The molecule has 3 aliphatic heterocycles. The van der Waals surface area contributed by atoms with Gasteiger partial charge in [-0.3, -0.25) is 19.3 Å². The molecule has 13 heteroatoms. The molecule has 5 rings (SSSR count). The van der Waals surface area contributed by atoms with Crippen LogP contribution in [-0.4, -0.2) is 82.3 Å². The monoisotopic (exact) mass is 675 g/mol. The SMILES string of the molecule is CC1C(CN2CCCC2C(=O)OC(C)(C)C)OC(c2ccc(NC(=O)C3CCCN3C(=O)C(F)(F)F)cc2)OC1c1ccc(CO)cc1. The first kappa shape index (κ1) is 35.8. The fourth-order valence-electron chi connectivity index (χ4n) is 6.63. The summed E-state index contributed by atoms with van der Waals surface area (Å²) in [6.07, 6.45) is -4.60. The van der Waals surface area contributed by atoms with Crippen LogP contribution in [0, 0.1) is 5.92 Å². The van der Waals surface area contributed by atoms with Gasteiger partial charge in [-0.15, -0.1) is 0 Å². The molecule has 262 valence electrons. The Hall–Kier alpha value is -3.52. The number of anilines is 1. The van der Waals surface area contributed by atoms with Gasteiger partial charge in [0, 0.05) is 30.3 Å². The van der Waals surface area contributed by atoms with E-state index < -0.39 is 35.9 Å². The summed E-state index contributed by atoms with van der Waals surface area (Å²) in [6, 6.07) is 12.6. The van der Waals surface area contributed by atoms with Crippen molar-refractivity contribution < 1.29 is 46.9 Å². The molecule has 2 aromatic rings. The number of amides is 2. The fraction of sp³-hybridized carbons (Fsp3) is 0.571. The summed E-state index contributed by atoms with van der Waals surface area (Å²) in [4.78, 5) is 40.5. The van der Waals surface area contributed by atoms with Gasteiger partial charge >= 0.3 is 18.1 Å². The second kappa shape index (κ2) is 14.5. The number of alkyl halides is 3. The molecule has 0 aliphatic carbocycles. The van der Waals surface area contributed by atoms with Gasteiger partial charge in [0.1, 0.15) is 17.7 Å². The highest BCUT2D eigenvalue weighted by Gasteiger charge is 2.48. The number of benzene rings is 2. The molecule has 6 atom stereocenters. The summed E-state index contributed by atoms with van der Waals surface area (Å²) in [7, 11) is 0. The Morgan fingerprint density at radius 1 is 0.917 bits per heavy atom. The van der Waals surface area contributed by atoms with Crippen molar-refractivity contribution in [2.24, 2.45) is 5.92 Å². The van der Waals surface area contributed by atoms with Crippen molar-refractivity contribution in [1.82, 2.24) is 9.80 Å². The van der Waals surface area contributed by atoms with Crippen molar-refractivity contribution >= 4 is 23.5 Å². The molecule has 3 aliphatic rings. The second-order valence-corrected chi connectivity index (χ2v) is 13.8. The van der Waals surface area contributed by atoms with Gasteiger partial charge in [0.25, 0.3) is 0 Å². The predicted molar refractivity (Wildman–Crippen MR) is 169 cm³/mol. The molecule has 2 N–H and O–H groups in total. The van der Waals surface area contributed by atoms with E-state index >= 15 is 0 Å². The third-order valence-corrected chi connectivity index (χ3v) is 9.09. The van der Waals surface area contributed by atoms with Gasteiger partial charge in [0.2, 0.25) is 5.91 Å². The second-order valence-electron chi connectivity index (χ2n) is 13.8. The van der Waals surface area contributed by atoms with E-state index in [0.29, 0.717) is 35.5 Å². The van der Waals surface area contributed by atoms with Crippen LogP contribution in [0.25, 0.3) is 0 Å². The van der Waals surface area contributed by atoms with E-state index in [0.717, 1.165) is 24.1 Å². The van der Waals surface area contributed by atoms with E-state index in [-0.39, 0.29) is 49.7 Å². The lowest BCUT2D eigenvalue weighted by atomic mass is 9.90. The number of carbonyl (C=O) groups excluding carboxylic acids is 3. The number of rotatable bonds is 8. The molecule has 0 radical (unpaired) electrons. The highest BCUT2D eigenvalue weighted by Crippen LogP contribution is 2.42. The summed E-state index contributed by atoms with van der Waals surface area (Å²) in [5.74, 6) is -3.08. The number of nitrogens with one attached hydrogen (secondary N) is 1. The number of esters is 1. The van der Waals surface area contributed by atoms with E-state index in [1.54, 1.807) is 24.3 Å². The Labute approximate surface area is 278 Å². The summed E-state index contributed by atoms with van der Waals surface area (Å²) in [5, 5.41) is 12.2. The predicted octanol–water partition coefficient (Wildman–Crippen LogP) is 5.27. The van der Waals surface area contributed by atoms with E-state index in [1.807, 2.05) is 52.0 Å². The average molecular weight is 676 g/mol. The lowest BCUT2D eigenvalue weighted by Gasteiger charge is -2.43. The quantitative estimate of drug-likeness (QED) is 0.364. The summed E-state index contributed by atoms with van der Waals surface area (Å²) < 4.78 is 57.9. The number of hydrogen-bond acceptors (Lipinski definition) is 8. The van der Waals surface area contributed by atoms with Crippen LogP contribution >= 0.6 is 0 Å². The minimum absolute atomic E-state index is 0.0863. The summed E-state index contributed by atoms with van der Waals surface area (Å²) >= 11 is 0. The van der Waals surface area contributed by atoms with Crippen molar-refractivity contribution in [1.29, 1.82) is 0 Å². The van der Waals surface area contributed by atoms with Crippen LogP contribution in [0.5, 0.6) is 0 Å². The van der Waals surface area contributed by atoms with Gasteiger partial charge in [-0.2, -0.15) is 13.2 Å². The topological polar surface area (TPSA) is 118 Å². The number of likely N-dealkylation sites (tertiary alicyclic amines) is 2. The van der Waals surface area contributed by atoms with Crippen molar-refractivity contribution in [2.75, 3.05) is 25.0 Å². The van der Waals surface area contributed by atoms with E-state index in [2.05, 4.69) is 10.2 Å². The molecular weight excluding hydrogens is 631 g/mol. The van der Waals surface area contributed by atoms with Crippen LogP contribution in [0.2, 0.25) is 0 Å². The summed E-state index contributed by atoms with van der Waals surface area (Å²) in [6.45, 7) is 8.55. The molecule has 0 bridgehead atoms. The Kier molecular flexibility index (Phi) is 10.8. The van der Waals surface area contributed by atoms with Crippen molar-refractivity contribution in [3.63, 3.8) is 0 Å². The zero-order chi connectivity index (χ0) is 34.8. The van der Waals surface area contributed by atoms with Crippen LogP contribution in [0.3, 0.4) is 0 Å². The number of nitrogens with zero attached hydrogens (tertiary/aromatic N) is 2. The zero-order valence-corrected chi connectivity index (χ0v) is 27.7. The van der Waals surface area contributed by atoms with Crippen molar-refractivity contribution in [3.05, 3.63) is 65.2 Å². The molecule has 2 amide bonds. The smallest absolute Gasteiger partial charge is 0.459 e. The number of aliphatic hydroxyl groups is 1. The molecule has 0 spiro atoms. The highest BCUT2D eigenvalue weighted by atomic mass is 19.4. The van der Waals surface area contributed by atoms with Gasteiger partial charge < -0.3 is 29.5 Å². The molecule has 2 aromatic carbocycles. The Morgan fingerprint density at radius 3 is 2.17 bits per heavy atom. The van der Waals surface area contributed by atoms with Crippen LogP contribution in [0.4, 0.5) is 18.9 Å². The summed E-state index contributed by atoms with van der Waals surface area (Å²) in [5.41, 5.74) is 2.07. The molecule has 3 fully saturated rings. The fourth-order valence-corrected chi connectivity index (χ4v) is 6.63. The first-order chi connectivity index (χ1) is 22.6. The lowest BCUT2D eigenvalue weighted by Crippen LogP contribution is -2.48. The maximum atomic E-state index is 13.1. The van der Waals surface area contributed by atoms with E-state index in [4.69, 9.17) is 14.2 Å². The molecule has 10 nitrogen and oxygen atoms in total. The molecular formula is C35H44F3N3O7. The third-order valence-electron chi connectivity index (χ3n) is 9.09. The Morgan fingerprint density at radius 2 is 1.54 bits per heavy atom. The molecule has 0 aromatic heterocycles. The van der Waals surface area contributed by atoms with Gasteiger partial charge in [0.15, 0.2) is 6.29 Å². The van der Waals surface area contributed by atoms with Crippen molar-refractivity contribution in [3.8, 4) is 0 Å². The minimum atomic E-state index is -5.05. The van der Waals surface area contributed by atoms with Gasteiger partial charge in [0.05, 0.1) is 18.8 Å². The zero-order valence-electron chi connectivity index (χ0n) is 27.7. The molecule has 3 heterocycles. The maximum absolute atomic E-state index is 13.1. The largest absolute Gasteiger partial charge is 0.471 e. The first-order valence-corrected chi connectivity index (χ1v) is 16.4. The Balaban J connectivity index is 1.33. The molecule has 0 saturated carbocycles. The third kappa shape index (κ3) is 8.36. The first-order valence-electron chi connectivity index (χ1n) is 16.4. The van der Waals surface area contributed by atoms with Gasteiger partial charge in [-0.1, -0.05) is 43.3 Å². The Bertz CT molecular complexity index is 1450. The van der Waals surface area contributed by atoms with E-state index in [1.165, 1.54) is 0 Å². The number of aliphatic hydroxyl groups excluding tert-OH is 1. The number of carbonyl (C=O) groups is 3. The highest BCUT2D eigenvalue weighted by molar-refractivity contribution is 5.98. The maximum Gasteiger partial charge on any atom is 0.471 e. The van der Waals surface area contributed by atoms with Crippen LogP contribution in [0.1, 0.15) is 82.5 Å². The normalized spacial score (nSPS) is 26.8. The number of halogens is 3.